The van der Waals surface area contributed by atoms with Crippen LogP contribution in [-0.4, -0.2) is 38.5 Å². The molecule has 0 saturated carbocycles. The van der Waals surface area contributed by atoms with Crippen LogP contribution in [0.3, 0.4) is 0 Å². The lowest BCUT2D eigenvalue weighted by Crippen LogP contribution is -2.45. The minimum atomic E-state index is 0.284. The molecule has 1 fully saturated rings. The Morgan fingerprint density at radius 2 is 2.29 bits per heavy atom. The van der Waals surface area contributed by atoms with Crippen LogP contribution in [0.4, 0.5) is 0 Å². The molecule has 1 rings (SSSR count). The molecule has 84 valence electrons. The molecule has 1 aliphatic rings. The van der Waals surface area contributed by atoms with Crippen molar-refractivity contribution < 1.29 is 9.47 Å². The van der Waals surface area contributed by atoms with E-state index >= 15 is 0 Å². The van der Waals surface area contributed by atoms with Gasteiger partial charge in [0, 0.05) is 25.2 Å². The van der Waals surface area contributed by atoms with E-state index in [9.17, 15) is 0 Å². The summed E-state index contributed by atoms with van der Waals surface area (Å²) in [5, 5.41) is 3.50. The van der Waals surface area contributed by atoms with Crippen LogP contribution in [0.1, 0.15) is 27.2 Å². The SMILES string of the molecule is CCNC(C1CCOC1)C(C)OCC. The normalized spacial score (nSPS) is 26.4. The Balaban J connectivity index is 2.43. The van der Waals surface area contributed by atoms with Crippen LogP contribution in [0, 0.1) is 5.92 Å². The predicted molar refractivity (Wildman–Crippen MR) is 57.5 cm³/mol. The number of hydrogen-bond donors (Lipinski definition) is 1. The summed E-state index contributed by atoms with van der Waals surface area (Å²) in [6.07, 6.45) is 1.45. The van der Waals surface area contributed by atoms with Gasteiger partial charge in [0.1, 0.15) is 0 Å². The Kier molecular flexibility index (Phi) is 5.45. The molecule has 0 spiro atoms. The summed E-state index contributed by atoms with van der Waals surface area (Å²) in [5.74, 6) is 0.622. The van der Waals surface area contributed by atoms with Crippen LogP contribution in [0.25, 0.3) is 0 Å². The van der Waals surface area contributed by atoms with Crippen molar-refractivity contribution in [3.8, 4) is 0 Å². The Hall–Kier alpha value is -0.120. The molecule has 1 aliphatic heterocycles. The molecule has 1 heterocycles. The third-order valence-electron chi connectivity index (χ3n) is 2.85. The van der Waals surface area contributed by atoms with Gasteiger partial charge < -0.3 is 14.8 Å². The highest BCUT2D eigenvalue weighted by Gasteiger charge is 2.29. The van der Waals surface area contributed by atoms with Crippen molar-refractivity contribution in [3.63, 3.8) is 0 Å². The zero-order valence-corrected chi connectivity index (χ0v) is 9.58. The summed E-state index contributed by atoms with van der Waals surface area (Å²) in [6, 6.07) is 0.447. The van der Waals surface area contributed by atoms with Gasteiger partial charge >= 0.3 is 0 Å². The average Bonchev–Trinajstić information content (AvgIpc) is 2.67. The summed E-state index contributed by atoms with van der Waals surface area (Å²) in [5.41, 5.74) is 0. The summed E-state index contributed by atoms with van der Waals surface area (Å²) in [4.78, 5) is 0. The van der Waals surface area contributed by atoms with E-state index in [1.807, 2.05) is 6.92 Å². The van der Waals surface area contributed by atoms with Gasteiger partial charge in [0.15, 0.2) is 0 Å². The molecule has 14 heavy (non-hydrogen) atoms. The smallest absolute Gasteiger partial charge is 0.0703 e. The minimum absolute atomic E-state index is 0.284. The second-order valence-corrected chi connectivity index (χ2v) is 3.87. The monoisotopic (exact) mass is 201 g/mol. The predicted octanol–water partition coefficient (Wildman–Crippen LogP) is 1.43. The Morgan fingerprint density at radius 1 is 1.50 bits per heavy atom. The molecular formula is C11H23NO2. The molecule has 3 nitrogen and oxygen atoms in total. The Bertz CT molecular complexity index is 146. The first-order valence-corrected chi connectivity index (χ1v) is 5.72. The van der Waals surface area contributed by atoms with Crippen molar-refractivity contribution in [1.29, 1.82) is 0 Å². The first-order valence-electron chi connectivity index (χ1n) is 5.72. The van der Waals surface area contributed by atoms with Gasteiger partial charge in [0.05, 0.1) is 12.7 Å². The van der Waals surface area contributed by atoms with Crippen molar-refractivity contribution >= 4 is 0 Å². The highest BCUT2D eigenvalue weighted by atomic mass is 16.5. The molecule has 3 heteroatoms. The molecule has 0 aromatic heterocycles. The molecule has 0 aromatic rings. The summed E-state index contributed by atoms with van der Waals surface area (Å²) in [6.45, 7) is 9.91. The largest absolute Gasteiger partial charge is 0.381 e. The number of likely N-dealkylation sites (N-methyl/N-ethyl adjacent to an activating group) is 1. The second kappa shape index (κ2) is 6.38. The topological polar surface area (TPSA) is 30.5 Å². The van der Waals surface area contributed by atoms with Crippen molar-refractivity contribution in [2.24, 2.45) is 5.92 Å². The molecule has 3 atom stereocenters. The van der Waals surface area contributed by atoms with Crippen molar-refractivity contribution in [1.82, 2.24) is 5.32 Å². The number of rotatable bonds is 6. The van der Waals surface area contributed by atoms with E-state index in [4.69, 9.17) is 9.47 Å². The molecule has 1 N–H and O–H groups in total. The van der Waals surface area contributed by atoms with Gasteiger partial charge in [-0.1, -0.05) is 6.92 Å². The van der Waals surface area contributed by atoms with Gasteiger partial charge in [-0.15, -0.1) is 0 Å². The van der Waals surface area contributed by atoms with Crippen LogP contribution in [-0.2, 0) is 9.47 Å². The van der Waals surface area contributed by atoms with Crippen molar-refractivity contribution in [3.05, 3.63) is 0 Å². The van der Waals surface area contributed by atoms with Gasteiger partial charge in [-0.05, 0) is 26.8 Å². The lowest BCUT2D eigenvalue weighted by molar-refractivity contribution is 0.0281. The highest BCUT2D eigenvalue weighted by Crippen LogP contribution is 2.20. The third-order valence-corrected chi connectivity index (χ3v) is 2.85. The second-order valence-electron chi connectivity index (χ2n) is 3.87. The maximum absolute atomic E-state index is 5.65. The lowest BCUT2D eigenvalue weighted by atomic mass is 9.95. The fourth-order valence-electron chi connectivity index (χ4n) is 2.15. The zero-order valence-electron chi connectivity index (χ0n) is 9.58. The van der Waals surface area contributed by atoms with Gasteiger partial charge in [-0.2, -0.15) is 0 Å². The maximum atomic E-state index is 5.65. The van der Waals surface area contributed by atoms with E-state index in [1.165, 1.54) is 0 Å². The van der Waals surface area contributed by atoms with Crippen LogP contribution in [0.2, 0.25) is 0 Å². The van der Waals surface area contributed by atoms with E-state index < -0.39 is 0 Å². The maximum Gasteiger partial charge on any atom is 0.0703 e. The zero-order chi connectivity index (χ0) is 10.4. The molecule has 0 aromatic carbocycles. The molecule has 1 saturated heterocycles. The van der Waals surface area contributed by atoms with Crippen LogP contribution in [0.5, 0.6) is 0 Å². The molecular weight excluding hydrogens is 178 g/mol. The Labute approximate surface area is 87.2 Å². The standard InChI is InChI=1S/C11H23NO2/c1-4-12-11(9(3)14-5-2)10-6-7-13-8-10/h9-12H,4-8H2,1-3H3. The first kappa shape index (κ1) is 12.0. The quantitative estimate of drug-likeness (QED) is 0.705. The average molecular weight is 201 g/mol. The van der Waals surface area contributed by atoms with E-state index in [2.05, 4.69) is 19.2 Å². The summed E-state index contributed by atoms with van der Waals surface area (Å²) in [7, 11) is 0. The fraction of sp³-hybridized carbons (Fsp3) is 1.00. The van der Waals surface area contributed by atoms with Gasteiger partial charge in [-0.25, -0.2) is 0 Å². The highest BCUT2D eigenvalue weighted by molar-refractivity contribution is 4.83. The van der Waals surface area contributed by atoms with Crippen LogP contribution >= 0.6 is 0 Å². The van der Waals surface area contributed by atoms with Crippen molar-refractivity contribution in [2.75, 3.05) is 26.4 Å². The molecule has 0 bridgehead atoms. The van der Waals surface area contributed by atoms with E-state index in [0.717, 1.165) is 32.8 Å². The lowest BCUT2D eigenvalue weighted by Gasteiger charge is -2.29. The number of hydrogen-bond acceptors (Lipinski definition) is 3. The number of ether oxygens (including phenoxy) is 2. The van der Waals surface area contributed by atoms with Gasteiger partial charge in [0.25, 0.3) is 0 Å². The first-order chi connectivity index (χ1) is 6.79. The molecule has 0 aliphatic carbocycles. The van der Waals surface area contributed by atoms with E-state index in [0.29, 0.717) is 12.0 Å². The van der Waals surface area contributed by atoms with Gasteiger partial charge in [0.2, 0.25) is 0 Å². The third kappa shape index (κ3) is 3.23. The number of nitrogens with one attached hydrogen (secondary N) is 1. The molecule has 3 unspecified atom stereocenters. The van der Waals surface area contributed by atoms with Crippen LogP contribution in [0.15, 0.2) is 0 Å². The fourth-order valence-corrected chi connectivity index (χ4v) is 2.15. The summed E-state index contributed by atoms with van der Waals surface area (Å²) >= 11 is 0. The molecule has 0 amide bonds. The van der Waals surface area contributed by atoms with Crippen molar-refractivity contribution in [2.45, 2.75) is 39.3 Å². The minimum Gasteiger partial charge on any atom is -0.381 e. The molecule has 0 radical (unpaired) electrons. The van der Waals surface area contributed by atoms with Crippen LogP contribution < -0.4 is 5.32 Å². The van der Waals surface area contributed by atoms with E-state index in [-0.39, 0.29) is 6.10 Å². The van der Waals surface area contributed by atoms with Gasteiger partial charge in [-0.3, -0.25) is 0 Å². The Morgan fingerprint density at radius 3 is 2.79 bits per heavy atom. The van der Waals surface area contributed by atoms with E-state index in [1.54, 1.807) is 0 Å². The summed E-state index contributed by atoms with van der Waals surface area (Å²) < 4.78 is 11.1.